The molecule has 5 rings (SSSR count). The van der Waals surface area contributed by atoms with Gasteiger partial charge in [0, 0.05) is 12.2 Å². The zero-order valence-electron chi connectivity index (χ0n) is 22.9. The minimum Gasteiger partial charge on any atom is -0.490 e. The molecule has 0 spiro atoms. The average molecular weight is 602 g/mol. The summed E-state index contributed by atoms with van der Waals surface area (Å²) in [5.74, 6) is 0.569. The van der Waals surface area contributed by atoms with E-state index < -0.39 is 11.6 Å². The summed E-state index contributed by atoms with van der Waals surface area (Å²) in [5.41, 5.74) is 2.90. The van der Waals surface area contributed by atoms with E-state index in [1.165, 1.54) is 10.9 Å². The van der Waals surface area contributed by atoms with Crippen molar-refractivity contribution >= 4 is 34.8 Å². The number of carbonyl (C=O) groups is 1. The number of benzene rings is 3. The standard InChI is InChI=1S/C31H28ClN5O4S/c1-3-40-24-16-21(28-26(19(2)35-31(42)36-28)29(38)33-17-20-10-6-4-7-11-20)14-15-23(24)41-25-18-34-37(30(39)27(25)32)22-12-8-5-9-13-22/h4-16,18,28H,3,17H2,1-2H3,(H,33,38)(H2,35,36,42). The highest BCUT2D eigenvalue weighted by atomic mass is 35.5. The van der Waals surface area contributed by atoms with Crippen LogP contribution in [0.1, 0.15) is 31.0 Å². The first kappa shape index (κ1) is 28.8. The number of hydrogen-bond acceptors (Lipinski definition) is 6. The molecule has 0 radical (unpaired) electrons. The first-order chi connectivity index (χ1) is 20.4. The predicted octanol–water partition coefficient (Wildman–Crippen LogP) is 5.19. The monoisotopic (exact) mass is 601 g/mol. The molecule has 0 bridgehead atoms. The third-order valence-corrected chi connectivity index (χ3v) is 7.09. The van der Waals surface area contributed by atoms with Crippen molar-refractivity contribution in [3.8, 4) is 22.9 Å². The van der Waals surface area contributed by atoms with Gasteiger partial charge in [-0.05, 0) is 61.5 Å². The normalized spacial score (nSPS) is 14.5. The topological polar surface area (TPSA) is 107 Å². The number of para-hydroxylation sites is 1. The van der Waals surface area contributed by atoms with Crippen molar-refractivity contribution < 1.29 is 14.3 Å². The fourth-order valence-corrected chi connectivity index (χ4v) is 4.97. The molecule has 1 aliphatic rings. The van der Waals surface area contributed by atoms with E-state index in [1.807, 2.05) is 50.2 Å². The molecule has 11 heteroatoms. The molecule has 1 aromatic heterocycles. The first-order valence-electron chi connectivity index (χ1n) is 13.2. The van der Waals surface area contributed by atoms with Gasteiger partial charge in [0.05, 0.1) is 30.1 Å². The minimum absolute atomic E-state index is 0.0837. The van der Waals surface area contributed by atoms with E-state index in [9.17, 15) is 9.59 Å². The van der Waals surface area contributed by atoms with E-state index in [0.717, 1.165) is 11.1 Å². The Bertz CT molecular complexity index is 1710. The maximum Gasteiger partial charge on any atom is 0.294 e. The lowest BCUT2D eigenvalue weighted by molar-refractivity contribution is -0.118. The highest BCUT2D eigenvalue weighted by Gasteiger charge is 2.30. The van der Waals surface area contributed by atoms with Crippen molar-refractivity contribution in [2.75, 3.05) is 6.61 Å². The Balaban J connectivity index is 1.43. The minimum atomic E-state index is -0.553. The number of aromatic nitrogens is 2. The molecule has 4 aromatic rings. The van der Waals surface area contributed by atoms with E-state index in [0.29, 0.717) is 46.7 Å². The number of thiocarbonyl (C=S) groups is 1. The number of ether oxygens (including phenoxy) is 2. The molecule has 3 aromatic carbocycles. The Kier molecular flexibility index (Phi) is 8.85. The molecule has 0 aliphatic carbocycles. The zero-order chi connectivity index (χ0) is 29.6. The summed E-state index contributed by atoms with van der Waals surface area (Å²) >= 11 is 11.8. The van der Waals surface area contributed by atoms with Gasteiger partial charge in [-0.25, -0.2) is 0 Å². The van der Waals surface area contributed by atoms with Gasteiger partial charge in [-0.3, -0.25) is 9.59 Å². The SMILES string of the molecule is CCOc1cc(C2NC(=S)NC(C)=C2C(=O)NCc2ccccc2)ccc1Oc1cnn(-c2ccccc2)c(=O)c1Cl. The number of halogens is 1. The van der Waals surface area contributed by atoms with E-state index >= 15 is 0 Å². The Morgan fingerprint density at radius 1 is 1.05 bits per heavy atom. The molecule has 1 aliphatic heterocycles. The Hall–Kier alpha value is -4.67. The van der Waals surface area contributed by atoms with Crippen LogP contribution < -0.4 is 31.0 Å². The lowest BCUT2D eigenvalue weighted by Crippen LogP contribution is -2.46. The second-order valence-corrected chi connectivity index (χ2v) is 10.1. The maximum atomic E-state index is 13.4. The quantitative estimate of drug-likeness (QED) is 0.225. The molecule has 0 fully saturated rings. The summed E-state index contributed by atoms with van der Waals surface area (Å²) in [6, 6.07) is 23.3. The Labute approximate surface area is 253 Å². The van der Waals surface area contributed by atoms with Gasteiger partial charge in [0.2, 0.25) is 0 Å². The lowest BCUT2D eigenvalue weighted by atomic mass is 9.94. The van der Waals surface area contributed by atoms with Gasteiger partial charge in [0.15, 0.2) is 27.4 Å². The summed E-state index contributed by atoms with van der Waals surface area (Å²) < 4.78 is 13.1. The molecule has 9 nitrogen and oxygen atoms in total. The molecular weight excluding hydrogens is 574 g/mol. The highest BCUT2D eigenvalue weighted by Crippen LogP contribution is 2.37. The summed E-state index contributed by atoms with van der Waals surface area (Å²) in [5, 5.41) is 13.7. The van der Waals surface area contributed by atoms with Crippen LogP contribution in [0.2, 0.25) is 5.02 Å². The van der Waals surface area contributed by atoms with Crippen LogP contribution >= 0.6 is 23.8 Å². The summed E-state index contributed by atoms with van der Waals surface area (Å²) in [7, 11) is 0. The second kappa shape index (κ2) is 12.9. The molecule has 1 amide bonds. The molecule has 2 heterocycles. The van der Waals surface area contributed by atoms with E-state index in [1.54, 1.807) is 42.5 Å². The van der Waals surface area contributed by atoms with Crippen molar-refractivity contribution in [2.24, 2.45) is 0 Å². The largest absolute Gasteiger partial charge is 0.490 e. The number of hydrogen-bond donors (Lipinski definition) is 3. The van der Waals surface area contributed by atoms with Gasteiger partial charge in [-0.15, -0.1) is 0 Å². The van der Waals surface area contributed by atoms with Crippen LogP contribution in [0.4, 0.5) is 0 Å². The van der Waals surface area contributed by atoms with Crippen LogP contribution in [-0.4, -0.2) is 27.4 Å². The van der Waals surface area contributed by atoms with E-state index in [2.05, 4.69) is 21.0 Å². The number of nitrogens with zero attached hydrogens (tertiary/aromatic N) is 2. The third kappa shape index (κ3) is 6.29. The van der Waals surface area contributed by atoms with Gasteiger partial charge >= 0.3 is 0 Å². The fraction of sp³-hybridized carbons (Fsp3) is 0.161. The van der Waals surface area contributed by atoms with Crippen molar-refractivity contribution in [1.29, 1.82) is 0 Å². The van der Waals surface area contributed by atoms with Crippen molar-refractivity contribution in [1.82, 2.24) is 25.7 Å². The third-order valence-electron chi connectivity index (χ3n) is 6.52. The van der Waals surface area contributed by atoms with Crippen LogP contribution in [0.25, 0.3) is 5.69 Å². The van der Waals surface area contributed by atoms with Crippen LogP contribution in [0.3, 0.4) is 0 Å². The Morgan fingerprint density at radius 2 is 1.76 bits per heavy atom. The zero-order valence-corrected chi connectivity index (χ0v) is 24.5. The van der Waals surface area contributed by atoms with Crippen molar-refractivity contribution in [3.63, 3.8) is 0 Å². The average Bonchev–Trinajstić information content (AvgIpc) is 3.00. The van der Waals surface area contributed by atoms with Gasteiger partial charge in [0.1, 0.15) is 0 Å². The van der Waals surface area contributed by atoms with Crippen LogP contribution in [-0.2, 0) is 11.3 Å². The fourth-order valence-electron chi connectivity index (χ4n) is 4.54. The summed E-state index contributed by atoms with van der Waals surface area (Å²) in [6.45, 7) is 4.38. The van der Waals surface area contributed by atoms with Crippen LogP contribution in [0.5, 0.6) is 17.2 Å². The number of allylic oxidation sites excluding steroid dienone is 1. The van der Waals surface area contributed by atoms with Gasteiger partial charge < -0.3 is 25.4 Å². The van der Waals surface area contributed by atoms with Crippen molar-refractivity contribution in [2.45, 2.75) is 26.4 Å². The van der Waals surface area contributed by atoms with Gasteiger partial charge in [-0.1, -0.05) is 66.2 Å². The summed E-state index contributed by atoms with van der Waals surface area (Å²) in [6.07, 6.45) is 1.38. The van der Waals surface area contributed by atoms with E-state index in [4.69, 9.17) is 33.3 Å². The molecule has 1 unspecified atom stereocenters. The molecule has 3 N–H and O–H groups in total. The smallest absolute Gasteiger partial charge is 0.294 e. The van der Waals surface area contributed by atoms with E-state index in [-0.39, 0.29) is 16.7 Å². The molecule has 0 saturated carbocycles. The second-order valence-electron chi connectivity index (χ2n) is 9.35. The summed E-state index contributed by atoms with van der Waals surface area (Å²) in [4.78, 5) is 26.3. The van der Waals surface area contributed by atoms with Crippen LogP contribution in [0, 0.1) is 0 Å². The number of nitrogens with one attached hydrogen (secondary N) is 3. The van der Waals surface area contributed by atoms with Gasteiger partial charge in [0.25, 0.3) is 11.5 Å². The molecular formula is C31H28ClN5O4S. The van der Waals surface area contributed by atoms with Crippen LogP contribution in [0.15, 0.2) is 101 Å². The Morgan fingerprint density at radius 3 is 2.48 bits per heavy atom. The number of amides is 1. The number of carbonyl (C=O) groups excluding carboxylic acids is 1. The molecule has 0 saturated heterocycles. The number of rotatable bonds is 9. The molecule has 1 atom stereocenters. The molecule has 42 heavy (non-hydrogen) atoms. The predicted molar refractivity (Wildman–Crippen MR) is 165 cm³/mol. The van der Waals surface area contributed by atoms with Gasteiger partial charge in [-0.2, -0.15) is 9.78 Å². The highest BCUT2D eigenvalue weighted by molar-refractivity contribution is 7.80. The molecule has 214 valence electrons. The first-order valence-corrected chi connectivity index (χ1v) is 14.0. The van der Waals surface area contributed by atoms with Crippen molar-refractivity contribution in [3.05, 3.63) is 123 Å². The maximum absolute atomic E-state index is 13.4. The lowest BCUT2D eigenvalue weighted by Gasteiger charge is -2.30.